The van der Waals surface area contributed by atoms with E-state index >= 15 is 0 Å². The summed E-state index contributed by atoms with van der Waals surface area (Å²) in [6.07, 6.45) is 1.30. The zero-order valence-electron chi connectivity index (χ0n) is 8.34. The molecule has 88 valence electrons. The molecule has 0 bridgehead atoms. The number of nitrogens with two attached hydrogens (primary N) is 1. The number of carbonyl (C=O) groups excluding carboxylic acids is 1. The van der Waals surface area contributed by atoms with Gasteiger partial charge in [0.15, 0.2) is 0 Å². The molecule has 1 aromatic heterocycles. The van der Waals surface area contributed by atoms with Crippen LogP contribution in [-0.4, -0.2) is 18.1 Å². The number of ether oxygens (including phenoxy) is 1. The van der Waals surface area contributed by atoms with Crippen molar-refractivity contribution in [2.75, 3.05) is 7.11 Å². The number of hydrogen-bond acceptors (Lipinski definition) is 4. The van der Waals surface area contributed by atoms with Crippen molar-refractivity contribution in [1.82, 2.24) is 4.98 Å². The van der Waals surface area contributed by atoms with Crippen LogP contribution in [-0.2, 0) is 9.53 Å². The molecule has 0 saturated carbocycles. The van der Waals surface area contributed by atoms with Gasteiger partial charge in [0.2, 0.25) is 0 Å². The van der Waals surface area contributed by atoms with E-state index in [9.17, 15) is 4.79 Å². The maximum absolute atomic E-state index is 11.1. The molecule has 2 N–H and O–H groups in total. The highest BCUT2D eigenvalue weighted by Gasteiger charge is 2.20. The molecule has 0 spiro atoms. The average molecular weight is 284 g/mol. The van der Waals surface area contributed by atoms with E-state index in [0.717, 1.165) is 0 Å². The molecule has 1 rings (SSSR count). The quantitative estimate of drug-likeness (QED) is 0.684. The van der Waals surface area contributed by atoms with Gasteiger partial charge in [0.25, 0.3) is 0 Å². The number of carbonyl (C=O) groups is 1. The third-order valence-corrected chi connectivity index (χ3v) is 3.02. The second-order valence-electron chi connectivity index (χ2n) is 3.01. The van der Waals surface area contributed by atoms with Gasteiger partial charge in [0, 0.05) is 17.8 Å². The average Bonchev–Trinajstić information content (AvgIpc) is 2.24. The van der Waals surface area contributed by atoms with E-state index in [0.29, 0.717) is 5.56 Å². The molecule has 0 unspecified atom stereocenters. The lowest BCUT2D eigenvalue weighted by Crippen LogP contribution is -2.17. The first-order valence-electron chi connectivity index (χ1n) is 4.29. The Morgan fingerprint density at radius 1 is 1.56 bits per heavy atom. The van der Waals surface area contributed by atoms with Crippen LogP contribution in [0.25, 0.3) is 0 Å². The topological polar surface area (TPSA) is 65.2 Å². The number of hydrogen-bond donors (Lipinski definition) is 1. The van der Waals surface area contributed by atoms with Gasteiger partial charge >= 0.3 is 5.97 Å². The lowest BCUT2D eigenvalue weighted by Gasteiger charge is -2.14. The summed E-state index contributed by atoms with van der Waals surface area (Å²) >= 11 is 17.5. The monoisotopic (exact) mass is 282 g/mol. The maximum Gasteiger partial charge on any atom is 0.307 e. The molecule has 1 heterocycles. The lowest BCUT2D eigenvalue weighted by atomic mass is 10.1. The van der Waals surface area contributed by atoms with Crippen LogP contribution in [0.5, 0.6) is 0 Å². The molecular formula is C9H9Cl3N2O2. The summed E-state index contributed by atoms with van der Waals surface area (Å²) in [4.78, 5) is 14.8. The van der Waals surface area contributed by atoms with Crippen molar-refractivity contribution >= 4 is 40.8 Å². The minimum absolute atomic E-state index is 0.0315. The summed E-state index contributed by atoms with van der Waals surface area (Å²) < 4.78 is 4.50. The van der Waals surface area contributed by atoms with Crippen LogP contribution in [0.15, 0.2) is 6.20 Å². The SMILES string of the molecule is COC(=O)C[C@@H](N)c1c(Cl)cnc(Cl)c1Cl. The summed E-state index contributed by atoms with van der Waals surface area (Å²) in [5, 5.41) is 0.526. The highest BCUT2D eigenvalue weighted by atomic mass is 35.5. The molecule has 0 aromatic carbocycles. The van der Waals surface area contributed by atoms with Crippen molar-refractivity contribution < 1.29 is 9.53 Å². The van der Waals surface area contributed by atoms with Crippen molar-refractivity contribution in [3.8, 4) is 0 Å². The van der Waals surface area contributed by atoms with Gasteiger partial charge in [-0.2, -0.15) is 0 Å². The molecule has 1 aromatic rings. The molecule has 0 saturated heterocycles. The minimum Gasteiger partial charge on any atom is -0.469 e. The van der Waals surface area contributed by atoms with E-state index in [4.69, 9.17) is 40.5 Å². The van der Waals surface area contributed by atoms with Crippen LogP contribution in [0.4, 0.5) is 0 Å². The molecular weight excluding hydrogens is 274 g/mol. The van der Waals surface area contributed by atoms with Gasteiger partial charge in [0.05, 0.1) is 23.6 Å². The number of pyridine rings is 1. The third kappa shape index (κ3) is 2.98. The highest BCUT2D eigenvalue weighted by Crippen LogP contribution is 2.34. The van der Waals surface area contributed by atoms with E-state index in [1.807, 2.05) is 0 Å². The van der Waals surface area contributed by atoms with Crippen LogP contribution < -0.4 is 5.73 Å². The summed E-state index contributed by atoms with van der Waals surface area (Å²) in [6.45, 7) is 0. The first-order chi connectivity index (χ1) is 7.47. The highest BCUT2D eigenvalue weighted by molar-refractivity contribution is 6.43. The molecule has 16 heavy (non-hydrogen) atoms. The Hall–Kier alpha value is -0.550. The van der Waals surface area contributed by atoms with E-state index in [1.54, 1.807) is 0 Å². The Morgan fingerprint density at radius 3 is 2.75 bits per heavy atom. The van der Waals surface area contributed by atoms with Gasteiger partial charge in [0.1, 0.15) is 5.15 Å². The van der Waals surface area contributed by atoms with E-state index in [-0.39, 0.29) is 21.6 Å². The van der Waals surface area contributed by atoms with Crippen LogP contribution >= 0.6 is 34.8 Å². The summed E-state index contributed by atoms with van der Waals surface area (Å²) in [5.74, 6) is -0.451. The normalized spacial score (nSPS) is 12.3. The van der Waals surface area contributed by atoms with Crippen molar-refractivity contribution in [2.24, 2.45) is 5.73 Å². The number of aromatic nitrogens is 1. The van der Waals surface area contributed by atoms with Crippen molar-refractivity contribution in [3.63, 3.8) is 0 Å². The standard InChI is InChI=1S/C9H9Cl3N2O2/c1-16-6(15)2-5(13)7-4(10)3-14-9(12)8(7)11/h3,5H,2,13H2,1H3/t5-/m1/s1. The van der Waals surface area contributed by atoms with E-state index < -0.39 is 12.0 Å². The second kappa shape index (κ2) is 5.68. The largest absolute Gasteiger partial charge is 0.469 e. The summed E-state index contributed by atoms with van der Waals surface area (Å²) in [6, 6.07) is -0.673. The molecule has 7 heteroatoms. The van der Waals surface area contributed by atoms with Crippen LogP contribution in [0.3, 0.4) is 0 Å². The Kier molecular flexibility index (Phi) is 4.80. The molecule has 0 aliphatic carbocycles. The zero-order valence-corrected chi connectivity index (χ0v) is 10.6. The smallest absolute Gasteiger partial charge is 0.307 e. The van der Waals surface area contributed by atoms with Crippen LogP contribution in [0.1, 0.15) is 18.0 Å². The van der Waals surface area contributed by atoms with Crippen molar-refractivity contribution in [1.29, 1.82) is 0 Å². The fourth-order valence-corrected chi connectivity index (χ4v) is 1.93. The van der Waals surface area contributed by atoms with Crippen LogP contribution in [0, 0.1) is 0 Å². The Bertz CT molecular complexity index is 412. The number of halogens is 3. The third-order valence-electron chi connectivity index (χ3n) is 1.95. The summed E-state index contributed by atoms with van der Waals surface area (Å²) in [5.41, 5.74) is 6.18. The Morgan fingerprint density at radius 2 is 2.19 bits per heavy atom. The number of methoxy groups -OCH3 is 1. The number of nitrogens with zero attached hydrogens (tertiary/aromatic N) is 1. The molecule has 0 amide bonds. The molecule has 4 nitrogen and oxygen atoms in total. The Labute approximate surface area is 108 Å². The molecule has 0 aliphatic heterocycles. The van der Waals surface area contributed by atoms with Gasteiger partial charge < -0.3 is 10.5 Å². The minimum atomic E-state index is -0.673. The first kappa shape index (κ1) is 13.5. The fourth-order valence-electron chi connectivity index (χ4n) is 1.16. The van der Waals surface area contributed by atoms with E-state index in [1.165, 1.54) is 13.3 Å². The van der Waals surface area contributed by atoms with Gasteiger partial charge in [-0.25, -0.2) is 4.98 Å². The predicted molar refractivity (Wildman–Crippen MR) is 62.8 cm³/mol. The van der Waals surface area contributed by atoms with Gasteiger partial charge in [-0.05, 0) is 0 Å². The zero-order chi connectivity index (χ0) is 12.3. The molecule has 1 atom stereocenters. The summed E-state index contributed by atoms with van der Waals surface area (Å²) in [7, 11) is 1.28. The van der Waals surface area contributed by atoms with Gasteiger partial charge in [-0.1, -0.05) is 34.8 Å². The lowest BCUT2D eigenvalue weighted by molar-refractivity contribution is -0.141. The van der Waals surface area contributed by atoms with Crippen molar-refractivity contribution in [2.45, 2.75) is 12.5 Å². The maximum atomic E-state index is 11.1. The number of esters is 1. The molecule has 0 fully saturated rings. The Balaban J connectivity index is 3.03. The van der Waals surface area contributed by atoms with Crippen LogP contribution in [0.2, 0.25) is 15.2 Å². The second-order valence-corrected chi connectivity index (χ2v) is 4.15. The molecule has 0 aliphatic rings. The molecule has 0 radical (unpaired) electrons. The van der Waals surface area contributed by atoms with E-state index in [2.05, 4.69) is 9.72 Å². The van der Waals surface area contributed by atoms with Gasteiger partial charge in [-0.15, -0.1) is 0 Å². The van der Waals surface area contributed by atoms with Crippen molar-refractivity contribution in [3.05, 3.63) is 27.0 Å². The first-order valence-corrected chi connectivity index (χ1v) is 5.42. The predicted octanol–water partition coefficient (Wildman–Crippen LogP) is 2.60. The van der Waals surface area contributed by atoms with Gasteiger partial charge in [-0.3, -0.25) is 4.79 Å². The number of rotatable bonds is 3. The fraction of sp³-hybridized carbons (Fsp3) is 0.333.